The Morgan fingerprint density at radius 2 is 2.24 bits per heavy atom. The van der Waals surface area contributed by atoms with Crippen molar-refractivity contribution < 1.29 is 14.3 Å². The van der Waals surface area contributed by atoms with Gasteiger partial charge in [0.05, 0.1) is 26.3 Å². The Kier molecular flexibility index (Phi) is 4.31. The van der Waals surface area contributed by atoms with Gasteiger partial charge in [-0.05, 0) is 30.0 Å². The first kappa shape index (κ1) is 16.3. The molecule has 1 fully saturated rings. The van der Waals surface area contributed by atoms with Crippen LogP contribution in [0.5, 0.6) is 0 Å². The molecule has 1 amide bonds. The highest BCUT2D eigenvalue weighted by atomic mass is 16.5. The first-order chi connectivity index (χ1) is 12.2. The average molecular weight is 341 g/mol. The number of benzene rings is 1. The van der Waals surface area contributed by atoms with Gasteiger partial charge in [-0.15, -0.1) is 0 Å². The van der Waals surface area contributed by atoms with Crippen LogP contribution in [0.15, 0.2) is 36.5 Å². The lowest BCUT2D eigenvalue weighted by Crippen LogP contribution is -2.51. The topological polar surface area (TPSA) is 56.6 Å². The molecule has 1 unspecified atom stereocenters. The van der Waals surface area contributed by atoms with E-state index in [0.717, 1.165) is 12.8 Å². The number of ether oxygens (including phenoxy) is 2. The second kappa shape index (κ2) is 6.61. The standard InChI is InChI=1S/C19H23N3O3/c1-24-12-11-22-9-7-17(20-22)18(23)21-10-13-25-19(14-21)8-6-15-4-2-3-5-16(15)19/h2-5,7,9H,6,8,10-14H2,1H3. The van der Waals surface area contributed by atoms with Crippen LogP contribution in [0, 0.1) is 0 Å². The van der Waals surface area contributed by atoms with Crippen LogP contribution in [-0.2, 0) is 28.0 Å². The van der Waals surface area contributed by atoms with Crippen molar-refractivity contribution in [3.8, 4) is 0 Å². The summed E-state index contributed by atoms with van der Waals surface area (Å²) in [6.07, 6.45) is 3.76. The van der Waals surface area contributed by atoms with Crippen LogP contribution in [-0.4, -0.2) is 54.0 Å². The second-order valence-electron chi connectivity index (χ2n) is 6.68. The zero-order chi connectivity index (χ0) is 17.3. The van der Waals surface area contributed by atoms with E-state index in [9.17, 15) is 4.79 Å². The predicted octanol–water partition coefficient (Wildman–Crippen LogP) is 1.84. The molecule has 0 radical (unpaired) electrons. The lowest BCUT2D eigenvalue weighted by Gasteiger charge is -2.41. The number of methoxy groups -OCH3 is 1. The van der Waals surface area contributed by atoms with E-state index in [4.69, 9.17) is 9.47 Å². The van der Waals surface area contributed by atoms with Crippen LogP contribution in [0.25, 0.3) is 0 Å². The van der Waals surface area contributed by atoms with E-state index < -0.39 is 0 Å². The molecule has 1 aromatic carbocycles. The Bertz CT molecular complexity index is 769. The predicted molar refractivity (Wildman–Crippen MR) is 92.4 cm³/mol. The number of carbonyl (C=O) groups excluding carboxylic acids is 1. The van der Waals surface area contributed by atoms with Crippen molar-refractivity contribution in [3.05, 3.63) is 53.3 Å². The average Bonchev–Trinajstić information content (AvgIpc) is 3.26. The maximum atomic E-state index is 12.9. The van der Waals surface area contributed by atoms with E-state index in [2.05, 4.69) is 23.3 Å². The van der Waals surface area contributed by atoms with Gasteiger partial charge in [0.25, 0.3) is 5.91 Å². The summed E-state index contributed by atoms with van der Waals surface area (Å²) >= 11 is 0. The molecule has 25 heavy (non-hydrogen) atoms. The summed E-state index contributed by atoms with van der Waals surface area (Å²) in [4.78, 5) is 14.8. The molecule has 1 aliphatic carbocycles. The molecule has 4 rings (SSSR count). The van der Waals surface area contributed by atoms with Gasteiger partial charge < -0.3 is 14.4 Å². The van der Waals surface area contributed by atoms with Crippen LogP contribution >= 0.6 is 0 Å². The van der Waals surface area contributed by atoms with E-state index in [0.29, 0.717) is 38.5 Å². The summed E-state index contributed by atoms with van der Waals surface area (Å²) in [6.45, 7) is 2.98. The van der Waals surface area contributed by atoms with Crippen molar-refractivity contribution in [1.29, 1.82) is 0 Å². The fraction of sp³-hybridized carbons (Fsp3) is 0.474. The minimum atomic E-state index is -0.358. The van der Waals surface area contributed by atoms with Gasteiger partial charge in [-0.25, -0.2) is 0 Å². The SMILES string of the molecule is COCCn1ccc(C(=O)N2CCOC3(CCc4ccccc43)C2)n1. The van der Waals surface area contributed by atoms with Crippen molar-refractivity contribution in [2.45, 2.75) is 25.0 Å². The molecule has 1 aliphatic heterocycles. The quantitative estimate of drug-likeness (QED) is 0.852. The van der Waals surface area contributed by atoms with Crippen LogP contribution < -0.4 is 0 Å². The van der Waals surface area contributed by atoms with Crippen LogP contribution in [0.4, 0.5) is 0 Å². The van der Waals surface area contributed by atoms with Gasteiger partial charge in [-0.2, -0.15) is 5.10 Å². The Morgan fingerprint density at radius 1 is 1.36 bits per heavy atom. The molecule has 132 valence electrons. The van der Waals surface area contributed by atoms with Gasteiger partial charge in [0.2, 0.25) is 0 Å². The summed E-state index contributed by atoms with van der Waals surface area (Å²) in [5.41, 5.74) is 2.70. The Balaban J connectivity index is 1.52. The first-order valence-electron chi connectivity index (χ1n) is 8.76. The first-order valence-corrected chi connectivity index (χ1v) is 8.76. The number of hydrogen-bond acceptors (Lipinski definition) is 4. The van der Waals surface area contributed by atoms with E-state index in [1.807, 2.05) is 17.2 Å². The second-order valence-corrected chi connectivity index (χ2v) is 6.68. The van der Waals surface area contributed by atoms with Crippen molar-refractivity contribution in [2.75, 3.05) is 33.4 Å². The minimum absolute atomic E-state index is 0.0248. The zero-order valence-electron chi connectivity index (χ0n) is 14.5. The highest BCUT2D eigenvalue weighted by Crippen LogP contribution is 2.42. The third kappa shape index (κ3) is 2.96. The fourth-order valence-corrected chi connectivity index (χ4v) is 3.87. The largest absolute Gasteiger partial charge is 0.383 e. The van der Waals surface area contributed by atoms with Gasteiger partial charge in [0.1, 0.15) is 11.3 Å². The van der Waals surface area contributed by atoms with Gasteiger partial charge >= 0.3 is 0 Å². The summed E-state index contributed by atoms with van der Waals surface area (Å²) in [7, 11) is 1.65. The van der Waals surface area contributed by atoms with E-state index in [1.165, 1.54) is 11.1 Å². The molecule has 6 heteroatoms. The van der Waals surface area contributed by atoms with Crippen molar-refractivity contribution >= 4 is 5.91 Å². The fourth-order valence-electron chi connectivity index (χ4n) is 3.87. The molecule has 2 aromatic rings. The number of nitrogens with zero attached hydrogens (tertiary/aromatic N) is 3. The lowest BCUT2D eigenvalue weighted by atomic mass is 9.93. The van der Waals surface area contributed by atoms with Gasteiger partial charge in [-0.1, -0.05) is 24.3 Å². The Labute approximate surface area is 147 Å². The minimum Gasteiger partial charge on any atom is -0.383 e. The van der Waals surface area contributed by atoms with Crippen LogP contribution in [0.1, 0.15) is 28.0 Å². The summed E-state index contributed by atoms with van der Waals surface area (Å²) in [5.74, 6) is -0.0248. The normalized spacial score (nSPS) is 22.4. The number of morpholine rings is 1. The summed E-state index contributed by atoms with van der Waals surface area (Å²) < 4.78 is 13.0. The molecular formula is C19H23N3O3. The Hall–Kier alpha value is -2.18. The zero-order valence-corrected chi connectivity index (χ0v) is 14.5. The maximum absolute atomic E-state index is 12.9. The molecule has 1 atom stereocenters. The van der Waals surface area contributed by atoms with Gasteiger partial charge in [0, 0.05) is 19.9 Å². The number of carbonyl (C=O) groups is 1. The van der Waals surface area contributed by atoms with Crippen molar-refractivity contribution in [1.82, 2.24) is 14.7 Å². The van der Waals surface area contributed by atoms with Gasteiger partial charge in [0.15, 0.2) is 0 Å². The number of fused-ring (bicyclic) bond motifs is 2. The number of rotatable bonds is 4. The maximum Gasteiger partial charge on any atom is 0.274 e. The van der Waals surface area contributed by atoms with E-state index in [-0.39, 0.29) is 11.5 Å². The third-order valence-electron chi connectivity index (χ3n) is 5.16. The Morgan fingerprint density at radius 3 is 3.12 bits per heavy atom. The highest BCUT2D eigenvalue weighted by molar-refractivity contribution is 5.92. The summed E-state index contributed by atoms with van der Waals surface area (Å²) in [6, 6.07) is 10.2. The molecule has 2 aliphatic rings. The summed E-state index contributed by atoms with van der Waals surface area (Å²) in [5, 5.41) is 4.39. The van der Waals surface area contributed by atoms with E-state index >= 15 is 0 Å². The molecule has 1 spiro atoms. The molecular weight excluding hydrogens is 318 g/mol. The highest BCUT2D eigenvalue weighted by Gasteiger charge is 2.44. The smallest absolute Gasteiger partial charge is 0.274 e. The molecule has 0 N–H and O–H groups in total. The molecule has 1 aromatic heterocycles. The van der Waals surface area contributed by atoms with E-state index in [1.54, 1.807) is 17.9 Å². The third-order valence-corrected chi connectivity index (χ3v) is 5.16. The lowest BCUT2D eigenvalue weighted by molar-refractivity contribution is -0.104. The molecule has 1 saturated heterocycles. The van der Waals surface area contributed by atoms with Crippen LogP contribution in [0.3, 0.4) is 0 Å². The number of amides is 1. The monoisotopic (exact) mass is 341 g/mol. The number of aryl methyl sites for hydroxylation is 1. The molecule has 0 bridgehead atoms. The number of aromatic nitrogens is 2. The van der Waals surface area contributed by atoms with Crippen LogP contribution in [0.2, 0.25) is 0 Å². The number of hydrogen-bond donors (Lipinski definition) is 0. The molecule has 0 saturated carbocycles. The van der Waals surface area contributed by atoms with Crippen molar-refractivity contribution in [2.24, 2.45) is 0 Å². The van der Waals surface area contributed by atoms with Gasteiger partial charge in [-0.3, -0.25) is 9.48 Å². The van der Waals surface area contributed by atoms with Crippen molar-refractivity contribution in [3.63, 3.8) is 0 Å². The molecule has 6 nitrogen and oxygen atoms in total. The molecule has 2 heterocycles.